The minimum Gasteiger partial charge on any atom is -0.508 e. The van der Waals surface area contributed by atoms with Gasteiger partial charge in [-0.3, -0.25) is 0 Å². The van der Waals surface area contributed by atoms with E-state index in [2.05, 4.69) is 11.4 Å². The number of phenolic OH excluding ortho intramolecular Hbond substituents is 1. The summed E-state index contributed by atoms with van der Waals surface area (Å²) in [7, 11) is 0. The van der Waals surface area contributed by atoms with E-state index < -0.39 is 0 Å². The van der Waals surface area contributed by atoms with Crippen LogP contribution in [0.1, 0.15) is 30.0 Å². The predicted molar refractivity (Wildman–Crippen MR) is 52.8 cm³/mol. The first kappa shape index (κ1) is 8.57. The quantitative estimate of drug-likeness (QED) is 0.688. The summed E-state index contributed by atoms with van der Waals surface area (Å²) in [5, 5.41) is 13.0. The molecule has 0 bridgehead atoms. The molecule has 1 aromatic rings. The summed E-state index contributed by atoms with van der Waals surface area (Å²) in [6.45, 7) is 3.07. The van der Waals surface area contributed by atoms with Crippen LogP contribution in [-0.2, 0) is 0 Å². The van der Waals surface area contributed by atoms with E-state index in [1.165, 1.54) is 18.4 Å². The van der Waals surface area contributed by atoms with Crippen molar-refractivity contribution in [2.24, 2.45) is 0 Å². The van der Waals surface area contributed by atoms with Crippen molar-refractivity contribution in [3.63, 3.8) is 0 Å². The summed E-state index contributed by atoms with van der Waals surface area (Å²) in [6.07, 6.45) is 2.42. The molecule has 13 heavy (non-hydrogen) atoms. The van der Waals surface area contributed by atoms with Gasteiger partial charge in [0.25, 0.3) is 0 Å². The Morgan fingerprint density at radius 3 is 3.00 bits per heavy atom. The summed E-state index contributed by atoms with van der Waals surface area (Å²) >= 11 is 0. The normalized spacial score (nSPS) is 22.1. The molecule has 2 rings (SSSR count). The van der Waals surface area contributed by atoms with Crippen LogP contribution >= 0.6 is 0 Å². The number of aromatic hydroxyl groups is 1. The van der Waals surface area contributed by atoms with E-state index in [0.717, 1.165) is 12.1 Å². The summed E-state index contributed by atoms with van der Waals surface area (Å²) in [5.74, 6) is 0.409. The van der Waals surface area contributed by atoms with Crippen molar-refractivity contribution in [2.75, 3.05) is 6.54 Å². The van der Waals surface area contributed by atoms with Crippen molar-refractivity contribution in [1.82, 2.24) is 5.32 Å². The zero-order chi connectivity index (χ0) is 9.26. The minimum absolute atomic E-state index is 0.409. The Labute approximate surface area is 78.6 Å². The van der Waals surface area contributed by atoms with Gasteiger partial charge in [-0.25, -0.2) is 0 Å². The monoisotopic (exact) mass is 177 g/mol. The predicted octanol–water partition coefficient (Wildman–Crippen LogP) is 2.13. The lowest BCUT2D eigenvalue weighted by Crippen LogP contribution is -2.13. The first-order valence-corrected chi connectivity index (χ1v) is 4.81. The summed E-state index contributed by atoms with van der Waals surface area (Å²) in [5.41, 5.74) is 2.26. The second kappa shape index (κ2) is 3.38. The van der Waals surface area contributed by atoms with Crippen LogP contribution in [-0.4, -0.2) is 11.7 Å². The van der Waals surface area contributed by atoms with Crippen molar-refractivity contribution in [3.8, 4) is 5.75 Å². The topological polar surface area (TPSA) is 32.3 Å². The molecule has 70 valence electrons. The molecule has 0 spiro atoms. The number of nitrogens with one attached hydrogen (secondary N) is 1. The van der Waals surface area contributed by atoms with Crippen molar-refractivity contribution >= 4 is 0 Å². The molecule has 0 aromatic heterocycles. The highest BCUT2D eigenvalue weighted by atomic mass is 16.3. The van der Waals surface area contributed by atoms with E-state index in [4.69, 9.17) is 0 Å². The van der Waals surface area contributed by atoms with E-state index in [-0.39, 0.29) is 0 Å². The van der Waals surface area contributed by atoms with Crippen LogP contribution in [0.5, 0.6) is 5.75 Å². The molecule has 1 aliphatic rings. The van der Waals surface area contributed by atoms with Crippen molar-refractivity contribution < 1.29 is 5.11 Å². The van der Waals surface area contributed by atoms with Crippen LogP contribution < -0.4 is 5.32 Å². The number of benzene rings is 1. The molecule has 1 saturated heterocycles. The third-order valence-corrected chi connectivity index (χ3v) is 2.78. The van der Waals surface area contributed by atoms with Crippen LogP contribution in [0.2, 0.25) is 0 Å². The molecule has 0 saturated carbocycles. The molecule has 1 unspecified atom stereocenters. The molecule has 2 heteroatoms. The molecule has 0 amide bonds. The third-order valence-electron chi connectivity index (χ3n) is 2.78. The van der Waals surface area contributed by atoms with E-state index in [1.807, 2.05) is 13.0 Å². The SMILES string of the molecule is Cc1c(O)cccc1C1CCCN1. The Kier molecular flexibility index (Phi) is 2.23. The van der Waals surface area contributed by atoms with E-state index in [9.17, 15) is 5.11 Å². The van der Waals surface area contributed by atoms with Gasteiger partial charge >= 0.3 is 0 Å². The van der Waals surface area contributed by atoms with Gasteiger partial charge in [0.2, 0.25) is 0 Å². The molecule has 0 aliphatic carbocycles. The zero-order valence-corrected chi connectivity index (χ0v) is 7.88. The number of hydrogen-bond donors (Lipinski definition) is 2. The molecule has 1 aliphatic heterocycles. The van der Waals surface area contributed by atoms with Gasteiger partial charge in [-0.15, -0.1) is 0 Å². The average Bonchev–Trinajstić information content (AvgIpc) is 2.62. The first-order chi connectivity index (χ1) is 6.29. The molecule has 2 nitrogen and oxygen atoms in total. The van der Waals surface area contributed by atoms with Gasteiger partial charge in [-0.05, 0) is 43.5 Å². The van der Waals surface area contributed by atoms with Crippen LogP contribution in [0.15, 0.2) is 18.2 Å². The van der Waals surface area contributed by atoms with Gasteiger partial charge in [0.1, 0.15) is 5.75 Å². The average molecular weight is 177 g/mol. The highest BCUT2D eigenvalue weighted by molar-refractivity contribution is 5.40. The lowest BCUT2D eigenvalue weighted by atomic mass is 9.99. The van der Waals surface area contributed by atoms with Crippen molar-refractivity contribution in [3.05, 3.63) is 29.3 Å². The standard InChI is InChI=1S/C11H15NO/c1-8-9(4-2-6-11(8)13)10-5-3-7-12-10/h2,4,6,10,12-13H,3,5,7H2,1H3. The van der Waals surface area contributed by atoms with Gasteiger partial charge in [-0.2, -0.15) is 0 Å². The van der Waals surface area contributed by atoms with Crippen LogP contribution in [0, 0.1) is 6.92 Å². The van der Waals surface area contributed by atoms with Gasteiger partial charge in [0, 0.05) is 6.04 Å². The molecular formula is C11H15NO. The highest BCUT2D eigenvalue weighted by Gasteiger charge is 2.18. The maximum atomic E-state index is 9.53. The molecule has 1 fully saturated rings. The van der Waals surface area contributed by atoms with Crippen LogP contribution in [0.4, 0.5) is 0 Å². The van der Waals surface area contributed by atoms with Crippen molar-refractivity contribution in [2.45, 2.75) is 25.8 Å². The zero-order valence-electron chi connectivity index (χ0n) is 7.88. The maximum Gasteiger partial charge on any atom is 0.118 e. The van der Waals surface area contributed by atoms with E-state index >= 15 is 0 Å². The fourth-order valence-electron chi connectivity index (χ4n) is 1.97. The molecule has 1 heterocycles. The van der Waals surface area contributed by atoms with Gasteiger partial charge in [0.15, 0.2) is 0 Å². The van der Waals surface area contributed by atoms with E-state index in [1.54, 1.807) is 6.07 Å². The third kappa shape index (κ3) is 1.54. The van der Waals surface area contributed by atoms with Crippen LogP contribution in [0.25, 0.3) is 0 Å². The number of hydrogen-bond acceptors (Lipinski definition) is 2. The van der Waals surface area contributed by atoms with Crippen LogP contribution in [0.3, 0.4) is 0 Å². The lowest BCUT2D eigenvalue weighted by Gasteiger charge is -2.14. The minimum atomic E-state index is 0.409. The first-order valence-electron chi connectivity index (χ1n) is 4.81. The Hall–Kier alpha value is -1.02. The number of rotatable bonds is 1. The van der Waals surface area contributed by atoms with E-state index in [0.29, 0.717) is 11.8 Å². The molecular weight excluding hydrogens is 162 g/mol. The molecule has 1 aromatic carbocycles. The molecule has 0 radical (unpaired) electrons. The second-order valence-corrected chi connectivity index (χ2v) is 3.64. The smallest absolute Gasteiger partial charge is 0.118 e. The highest BCUT2D eigenvalue weighted by Crippen LogP contribution is 2.29. The lowest BCUT2D eigenvalue weighted by molar-refractivity contribution is 0.468. The fraction of sp³-hybridized carbons (Fsp3) is 0.455. The fourth-order valence-corrected chi connectivity index (χ4v) is 1.97. The van der Waals surface area contributed by atoms with Gasteiger partial charge in [-0.1, -0.05) is 12.1 Å². The largest absolute Gasteiger partial charge is 0.508 e. The van der Waals surface area contributed by atoms with Crippen molar-refractivity contribution in [1.29, 1.82) is 0 Å². The summed E-state index contributed by atoms with van der Waals surface area (Å²) in [4.78, 5) is 0. The summed E-state index contributed by atoms with van der Waals surface area (Å²) in [6, 6.07) is 6.20. The Bertz CT molecular complexity index is 303. The summed E-state index contributed by atoms with van der Waals surface area (Å²) < 4.78 is 0. The molecule has 1 atom stereocenters. The number of phenols is 1. The Morgan fingerprint density at radius 1 is 1.46 bits per heavy atom. The van der Waals surface area contributed by atoms with Gasteiger partial charge < -0.3 is 10.4 Å². The Balaban J connectivity index is 2.33. The molecule has 2 N–H and O–H groups in total. The second-order valence-electron chi connectivity index (χ2n) is 3.64. The van der Waals surface area contributed by atoms with Gasteiger partial charge in [0.05, 0.1) is 0 Å². The Morgan fingerprint density at radius 2 is 2.31 bits per heavy atom. The maximum absolute atomic E-state index is 9.53.